The van der Waals surface area contributed by atoms with Crippen molar-refractivity contribution in [3.8, 4) is 23.0 Å². The smallest absolute Gasteiger partial charge is 0.340 e. The molecule has 30 heavy (non-hydrogen) atoms. The Balaban J connectivity index is 1.74. The molecule has 0 radical (unpaired) electrons. The zero-order chi connectivity index (χ0) is 21.0. The molecule has 3 N–H and O–H groups in total. The highest BCUT2D eigenvalue weighted by Gasteiger charge is 2.53. The summed E-state index contributed by atoms with van der Waals surface area (Å²) in [4.78, 5) is 24.6. The van der Waals surface area contributed by atoms with E-state index in [0.717, 1.165) is 0 Å². The van der Waals surface area contributed by atoms with Crippen molar-refractivity contribution < 1.29 is 28.9 Å². The van der Waals surface area contributed by atoms with Gasteiger partial charge in [0, 0.05) is 28.8 Å². The highest BCUT2D eigenvalue weighted by Crippen LogP contribution is 2.56. The number of fused-ring (bicyclic) bond motifs is 6. The lowest BCUT2D eigenvalue weighted by atomic mass is 9.77. The molecule has 2 atom stereocenters. The maximum atomic E-state index is 12.7. The van der Waals surface area contributed by atoms with Gasteiger partial charge < -0.3 is 25.1 Å². The minimum absolute atomic E-state index is 0.00416. The number of carbonyl (C=O) groups excluding carboxylic acids is 2. The Morgan fingerprint density at radius 3 is 2.50 bits per heavy atom. The van der Waals surface area contributed by atoms with Gasteiger partial charge in [-0.15, -0.1) is 0 Å². The number of ether oxygens (including phenoxy) is 3. The summed E-state index contributed by atoms with van der Waals surface area (Å²) in [5, 5.41) is 9.98. The third-order valence-electron chi connectivity index (χ3n) is 5.26. The molecule has 7 nitrogen and oxygen atoms in total. The number of carbonyl (C=O) groups is 2. The standard InChI is InChI=1S/C23H17NO6/c1-12(24)21(26)28-14-7-9-18-20(11-14)29-19-10-13(25)6-8-17(19)23(18)16-5-3-2-4-15(16)22(27)30-23/h2-12,25H,24H2,1H3/t12-,23?/m0/s1. The second-order valence-electron chi connectivity index (χ2n) is 7.27. The second kappa shape index (κ2) is 6.33. The van der Waals surface area contributed by atoms with Crippen LogP contribution in [0.5, 0.6) is 23.0 Å². The molecule has 1 spiro atoms. The van der Waals surface area contributed by atoms with Crippen LogP contribution in [0.25, 0.3) is 0 Å². The van der Waals surface area contributed by atoms with Gasteiger partial charge in [0.1, 0.15) is 29.0 Å². The third-order valence-corrected chi connectivity index (χ3v) is 5.26. The fourth-order valence-electron chi connectivity index (χ4n) is 3.92. The number of aromatic hydroxyl groups is 1. The van der Waals surface area contributed by atoms with E-state index in [9.17, 15) is 14.7 Å². The molecule has 7 heteroatoms. The summed E-state index contributed by atoms with van der Waals surface area (Å²) in [6.45, 7) is 1.53. The second-order valence-corrected chi connectivity index (χ2v) is 7.27. The molecule has 5 rings (SSSR count). The zero-order valence-corrected chi connectivity index (χ0v) is 15.9. The Morgan fingerprint density at radius 2 is 1.73 bits per heavy atom. The van der Waals surface area contributed by atoms with E-state index in [4.69, 9.17) is 19.9 Å². The molecule has 0 saturated carbocycles. The molecule has 0 amide bonds. The molecule has 0 fully saturated rings. The van der Waals surface area contributed by atoms with E-state index in [1.54, 1.807) is 36.4 Å². The summed E-state index contributed by atoms with van der Waals surface area (Å²) in [6.07, 6.45) is 0. The molecular formula is C23H17NO6. The third kappa shape index (κ3) is 2.49. The zero-order valence-electron chi connectivity index (χ0n) is 15.9. The lowest BCUT2D eigenvalue weighted by Crippen LogP contribution is -2.33. The average Bonchev–Trinajstić information content (AvgIpc) is 3.01. The van der Waals surface area contributed by atoms with Crippen LogP contribution in [0, 0.1) is 0 Å². The Bertz CT molecular complexity index is 1220. The highest BCUT2D eigenvalue weighted by atomic mass is 16.6. The predicted octanol–water partition coefficient (Wildman–Crippen LogP) is 3.21. The molecule has 3 aromatic rings. The first-order chi connectivity index (χ1) is 14.4. The topological polar surface area (TPSA) is 108 Å². The van der Waals surface area contributed by atoms with Crippen LogP contribution in [-0.4, -0.2) is 23.1 Å². The lowest BCUT2D eigenvalue weighted by molar-refractivity contribution is -0.135. The SMILES string of the molecule is C[C@H](N)C(=O)Oc1ccc2c(c1)Oc1cc(O)ccc1C21OC(=O)c2ccccc21. The Kier molecular flexibility index (Phi) is 3.84. The number of phenols is 1. The summed E-state index contributed by atoms with van der Waals surface area (Å²) >= 11 is 0. The predicted molar refractivity (Wildman–Crippen MR) is 106 cm³/mol. The first kappa shape index (κ1) is 18.2. The van der Waals surface area contributed by atoms with Gasteiger partial charge in [-0.1, -0.05) is 18.2 Å². The van der Waals surface area contributed by atoms with Gasteiger partial charge >= 0.3 is 11.9 Å². The van der Waals surface area contributed by atoms with Crippen molar-refractivity contribution in [1.82, 2.24) is 0 Å². The number of nitrogens with two attached hydrogens (primary N) is 1. The van der Waals surface area contributed by atoms with E-state index in [-0.39, 0.29) is 11.5 Å². The number of esters is 2. The Hall–Kier alpha value is -3.84. The molecule has 0 bridgehead atoms. The van der Waals surface area contributed by atoms with Gasteiger partial charge in [-0.05, 0) is 37.3 Å². The number of benzene rings is 3. The van der Waals surface area contributed by atoms with Gasteiger partial charge in [-0.2, -0.15) is 0 Å². The van der Waals surface area contributed by atoms with Crippen molar-refractivity contribution >= 4 is 11.9 Å². The van der Waals surface area contributed by atoms with Gasteiger partial charge in [0.25, 0.3) is 0 Å². The monoisotopic (exact) mass is 403 g/mol. The molecule has 2 aliphatic heterocycles. The normalized spacial score (nSPS) is 19.2. The van der Waals surface area contributed by atoms with Crippen LogP contribution < -0.4 is 15.2 Å². The minimum Gasteiger partial charge on any atom is -0.508 e. The van der Waals surface area contributed by atoms with Crippen LogP contribution in [-0.2, 0) is 15.1 Å². The molecule has 0 aliphatic carbocycles. The van der Waals surface area contributed by atoms with Gasteiger partial charge in [0.2, 0.25) is 0 Å². The molecule has 2 heterocycles. The summed E-state index contributed by atoms with van der Waals surface area (Å²) in [5.74, 6) is -0.117. The Labute approximate surface area is 171 Å². The highest BCUT2D eigenvalue weighted by molar-refractivity contribution is 5.97. The van der Waals surface area contributed by atoms with E-state index in [2.05, 4.69) is 0 Å². The van der Waals surface area contributed by atoms with Gasteiger partial charge in [-0.3, -0.25) is 0 Å². The van der Waals surface area contributed by atoms with Crippen LogP contribution in [0.15, 0.2) is 60.7 Å². The number of rotatable bonds is 2. The molecular weight excluding hydrogens is 386 g/mol. The van der Waals surface area contributed by atoms with Crippen molar-refractivity contribution in [2.24, 2.45) is 5.73 Å². The van der Waals surface area contributed by atoms with Crippen LogP contribution in [0.2, 0.25) is 0 Å². The van der Waals surface area contributed by atoms with E-state index >= 15 is 0 Å². The first-order valence-corrected chi connectivity index (χ1v) is 9.36. The lowest BCUT2D eigenvalue weighted by Gasteiger charge is -2.36. The van der Waals surface area contributed by atoms with Crippen molar-refractivity contribution in [3.05, 3.63) is 82.9 Å². The quantitative estimate of drug-likeness (QED) is 0.500. The fraction of sp³-hybridized carbons (Fsp3) is 0.130. The molecule has 0 aromatic heterocycles. The fourth-order valence-corrected chi connectivity index (χ4v) is 3.92. The van der Waals surface area contributed by atoms with E-state index in [0.29, 0.717) is 33.8 Å². The van der Waals surface area contributed by atoms with E-state index < -0.39 is 23.6 Å². The maximum absolute atomic E-state index is 12.7. The largest absolute Gasteiger partial charge is 0.508 e. The van der Waals surface area contributed by atoms with Crippen LogP contribution in [0.4, 0.5) is 0 Å². The van der Waals surface area contributed by atoms with Crippen molar-refractivity contribution in [3.63, 3.8) is 0 Å². The number of phenolic OH excluding ortho intramolecular Hbond substituents is 1. The molecule has 150 valence electrons. The molecule has 3 aromatic carbocycles. The van der Waals surface area contributed by atoms with Gasteiger partial charge in [-0.25, -0.2) is 9.59 Å². The van der Waals surface area contributed by atoms with Gasteiger partial charge in [0.05, 0.1) is 5.56 Å². The van der Waals surface area contributed by atoms with Crippen LogP contribution in [0.3, 0.4) is 0 Å². The van der Waals surface area contributed by atoms with E-state index in [1.807, 2.05) is 12.1 Å². The molecule has 0 saturated heterocycles. The average molecular weight is 403 g/mol. The molecule has 1 unspecified atom stereocenters. The molecule has 2 aliphatic rings. The summed E-state index contributed by atoms with van der Waals surface area (Å²) < 4.78 is 17.3. The number of hydrogen-bond donors (Lipinski definition) is 2. The minimum atomic E-state index is -1.24. The number of hydrogen-bond acceptors (Lipinski definition) is 7. The van der Waals surface area contributed by atoms with Crippen molar-refractivity contribution in [1.29, 1.82) is 0 Å². The van der Waals surface area contributed by atoms with Crippen molar-refractivity contribution in [2.75, 3.05) is 0 Å². The summed E-state index contributed by atoms with van der Waals surface area (Å²) in [5.41, 5.74) is 6.63. The maximum Gasteiger partial charge on any atom is 0.340 e. The van der Waals surface area contributed by atoms with E-state index in [1.165, 1.54) is 19.1 Å². The summed E-state index contributed by atoms with van der Waals surface area (Å²) in [7, 11) is 0. The first-order valence-electron chi connectivity index (χ1n) is 9.36. The van der Waals surface area contributed by atoms with Gasteiger partial charge in [0.15, 0.2) is 5.60 Å². The van der Waals surface area contributed by atoms with Crippen LogP contribution in [0.1, 0.15) is 34.0 Å². The summed E-state index contributed by atoms with van der Waals surface area (Å²) in [6, 6.07) is 15.8. The van der Waals surface area contributed by atoms with Crippen molar-refractivity contribution in [2.45, 2.75) is 18.6 Å². The Morgan fingerprint density at radius 1 is 1.03 bits per heavy atom. The van der Waals surface area contributed by atoms with Crippen LogP contribution >= 0.6 is 0 Å².